The quantitative estimate of drug-likeness (QED) is 0.788. The van der Waals surface area contributed by atoms with Crippen molar-refractivity contribution >= 4 is 12.0 Å². The highest BCUT2D eigenvalue weighted by atomic mass is 16.2. The fourth-order valence-corrected chi connectivity index (χ4v) is 3.95. The zero-order valence-electron chi connectivity index (χ0n) is 15.6. The van der Waals surface area contributed by atoms with Gasteiger partial charge in [-0.15, -0.1) is 0 Å². The van der Waals surface area contributed by atoms with Crippen molar-refractivity contribution < 1.29 is 4.79 Å². The Hall–Kier alpha value is -1.65. The van der Waals surface area contributed by atoms with E-state index in [4.69, 9.17) is 0 Å². The standard InChI is InChI=1S/C21H31N3O/c1-18-16-22(2)14-15-24(18)17-20-10-12-23(13-11-20)21(25)9-8-19-6-4-3-5-7-19/h3-9,18,20H,10-17H2,1-2H3/b9-8+/t18-/m0/s1. The maximum Gasteiger partial charge on any atom is 0.246 e. The van der Waals surface area contributed by atoms with Gasteiger partial charge in [-0.1, -0.05) is 30.3 Å². The van der Waals surface area contributed by atoms with Crippen molar-refractivity contribution in [3.8, 4) is 0 Å². The van der Waals surface area contributed by atoms with Crippen molar-refractivity contribution in [1.82, 2.24) is 14.7 Å². The molecule has 0 saturated carbocycles. The van der Waals surface area contributed by atoms with Crippen molar-refractivity contribution in [2.45, 2.75) is 25.8 Å². The van der Waals surface area contributed by atoms with Crippen LogP contribution in [0.15, 0.2) is 36.4 Å². The second kappa shape index (κ2) is 8.63. The zero-order chi connectivity index (χ0) is 17.6. The van der Waals surface area contributed by atoms with Crippen molar-refractivity contribution in [2.75, 3.05) is 46.3 Å². The normalized spacial score (nSPS) is 24.1. The van der Waals surface area contributed by atoms with Crippen LogP contribution in [0, 0.1) is 5.92 Å². The fourth-order valence-electron chi connectivity index (χ4n) is 3.95. The Bertz CT molecular complexity index is 578. The van der Waals surface area contributed by atoms with Gasteiger partial charge in [-0.3, -0.25) is 9.69 Å². The van der Waals surface area contributed by atoms with Gasteiger partial charge >= 0.3 is 0 Å². The van der Waals surface area contributed by atoms with Crippen LogP contribution >= 0.6 is 0 Å². The predicted molar refractivity (Wildman–Crippen MR) is 103 cm³/mol. The number of carbonyl (C=O) groups excluding carboxylic acids is 1. The fraction of sp³-hybridized carbons (Fsp3) is 0.571. The number of benzene rings is 1. The Morgan fingerprint density at radius 1 is 1.12 bits per heavy atom. The van der Waals surface area contributed by atoms with E-state index >= 15 is 0 Å². The van der Waals surface area contributed by atoms with Gasteiger partial charge in [0.2, 0.25) is 5.91 Å². The minimum absolute atomic E-state index is 0.148. The molecule has 2 fully saturated rings. The van der Waals surface area contributed by atoms with E-state index in [1.54, 1.807) is 6.08 Å². The number of carbonyl (C=O) groups is 1. The van der Waals surface area contributed by atoms with E-state index in [9.17, 15) is 4.79 Å². The molecule has 0 aromatic heterocycles. The molecule has 0 N–H and O–H groups in total. The average Bonchev–Trinajstić information content (AvgIpc) is 2.63. The van der Waals surface area contributed by atoms with Crippen LogP contribution in [0.1, 0.15) is 25.3 Å². The molecule has 0 bridgehead atoms. The third-order valence-corrected chi connectivity index (χ3v) is 5.61. The third-order valence-electron chi connectivity index (χ3n) is 5.61. The molecule has 0 aliphatic carbocycles. The minimum atomic E-state index is 0.148. The first kappa shape index (κ1) is 18.2. The van der Waals surface area contributed by atoms with Crippen LogP contribution in [0.5, 0.6) is 0 Å². The number of piperazine rings is 1. The Morgan fingerprint density at radius 2 is 1.84 bits per heavy atom. The number of likely N-dealkylation sites (N-methyl/N-ethyl adjacent to an activating group) is 1. The lowest BCUT2D eigenvalue weighted by Crippen LogP contribution is -2.52. The summed E-state index contributed by atoms with van der Waals surface area (Å²) in [6.07, 6.45) is 5.90. The summed E-state index contributed by atoms with van der Waals surface area (Å²) in [5.41, 5.74) is 1.08. The maximum absolute atomic E-state index is 12.4. The van der Waals surface area contributed by atoms with E-state index in [0.717, 1.165) is 37.4 Å². The Labute approximate surface area is 152 Å². The first-order chi connectivity index (χ1) is 12.1. The average molecular weight is 341 g/mol. The SMILES string of the molecule is C[C@H]1CN(C)CCN1CC1CCN(C(=O)/C=C/c2ccccc2)CC1. The highest BCUT2D eigenvalue weighted by Crippen LogP contribution is 2.21. The summed E-state index contributed by atoms with van der Waals surface area (Å²) in [5.74, 6) is 0.878. The molecule has 1 aromatic carbocycles. The Morgan fingerprint density at radius 3 is 2.52 bits per heavy atom. The summed E-state index contributed by atoms with van der Waals surface area (Å²) in [5, 5.41) is 0. The summed E-state index contributed by atoms with van der Waals surface area (Å²) < 4.78 is 0. The van der Waals surface area contributed by atoms with Crippen molar-refractivity contribution in [3.05, 3.63) is 42.0 Å². The molecule has 25 heavy (non-hydrogen) atoms. The van der Waals surface area contributed by atoms with Crippen LogP contribution in [0.3, 0.4) is 0 Å². The van der Waals surface area contributed by atoms with Gasteiger partial charge in [0.1, 0.15) is 0 Å². The van der Waals surface area contributed by atoms with E-state index in [2.05, 4.69) is 23.8 Å². The third kappa shape index (κ3) is 5.16. The monoisotopic (exact) mass is 341 g/mol. The molecule has 4 heteroatoms. The molecule has 0 radical (unpaired) electrons. The molecule has 2 heterocycles. The predicted octanol–water partition coefficient (Wildman–Crippen LogP) is 2.57. The van der Waals surface area contributed by atoms with E-state index in [1.807, 2.05) is 41.3 Å². The number of rotatable bonds is 4. The highest BCUT2D eigenvalue weighted by molar-refractivity contribution is 5.91. The topological polar surface area (TPSA) is 26.8 Å². The van der Waals surface area contributed by atoms with Gasteiger partial charge in [-0.2, -0.15) is 0 Å². The largest absolute Gasteiger partial charge is 0.339 e. The summed E-state index contributed by atoms with van der Waals surface area (Å²) in [7, 11) is 2.21. The van der Waals surface area contributed by atoms with E-state index in [0.29, 0.717) is 6.04 Å². The molecule has 1 amide bonds. The number of piperidine rings is 1. The molecule has 1 aromatic rings. The van der Waals surface area contributed by atoms with Crippen molar-refractivity contribution in [3.63, 3.8) is 0 Å². The highest BCUT2D eigenvalue weighted by Gasteiger charge is 2.27. The molecule has 4 nitrogen and oxygen atoms in total. The summed E-state index contributed by atoms with van der Waals surface area (Å²) >= 11 is 0. The van der Waals surface area contributed by atoms with Crippen LogP contribution in [0.2, 0.25) is 0 Å². The van der Waals surface area contributed by atoms with Crippen LogP contribution in [-0.4, -0.2) is 73.0 Å². The lowest BCUT2D eigenvalue weighted by atomic mass is 9.95. The number of hydrogen-bond donors (Lipinski definition) is 0. The lowest BCUT2D eigenvalue weighted by molar-refractivity contribution is -0.127. The minimum Gasteiger partial charge on any atom is -0.339 e. The van der Waals surface area contributed by atoms with Gasteiger partial charge in [0.05, 0.1) is 0 Å². The molecule has 2 saturated heterocycles. The number of likely N-dealkylation sites (tertiary alicyclic amines) is 1. The zero-order valence-corrected chi connectivity index (χ0v) is 15.6. The lowest BCUT2D eigenvalue weighted by Gasteiger charge is -2.41. The first-order valence-electron chi connectivity index (χ1n) is 9.56. The first-order valence-corrected chi connectivity index (χ1v) is 9.56. The Kier molecular flexibility index (Phi) is 6.27. The molecule has 3 rings (SSSR count). The van der Waals surface area contributed by atoms with Gasteiger partial charge < -0.3 is 9.80 Å². The summed E-state index contributed by atoms with van der Waals surface area (Å²) in [6, 6.07) is 10.7. The molecular formula is C21H31N3O. The molecular weight excluding hydrogens is 310 g/mol. The van der Waals surface area contributed by atoms with Crippen molar-refractivity contribution in [2.24, 2.45) is 5.92 Å². The van der Waals surface area contributed by atoms with Crippen LogP contribution < -0.4 is 0 Å². The number of hydrogen-bond acceptors (Lipinski definition) is 3. The van der Waals surface area contributed by atoms with Crippen LogP contribution in [0.4, 0.5) is 0 Å². The van der Waals surface area contributed by atoms with Crippen LogP contribution in [0.25, 0.3) is 6.08 Å². The van der Waals surface area contributed by atoms with Crippen molar-refractivity contribution in [1.29, 1.82) is 0 Å². The molecule has 136 valence electrons. The van der Waals surface area contributed by atoms with Gasteiger partial charge in [0, 0.05) is 51.4 Å². The summed E-state index contributed by atoms with van der Waals surface area (Å²) in [4.78, 5) is 19.4. The molecule has 2 aliphatic rings. The maximum atomic E-state index is 12.4. The smallest absolute Gasteiger partial charge is 0.246 e. The van der Waals surface area contributed by atoms with E-state index in [-0.39, 0.29) is 5.91 Å². The Balaban J connectivity index is 1.44. The second-order valence-corrected chi connectivity index (χ2v) is 7.62. The van der Waals surface area contributed by atoms with E-state index in [1.165, 1.54) is 26.2 Å². The van der Waals surface area contributed by atoms with Gasteiger partial charge in [0.15, 0.2) is 0 Å². The molecule has 0 spiro atoms. The number of amides is 1. The van der Waals surface area contributed by atoms with Gasteiger partial charge in [0.25, 0.3) is 0 Å². The summed E-state index contributed by atoms with van der Waals surface area (Å²) in [6.45, 7) is 8.83. The molecule has 0 unspecified atom stereocenters. The molecule has 2 aliphatic heterocycles. The van der Waals surface area contributed by atoms with Gasteiger partial charge in [-0.25, -0.2) is 0 Å². The number of nitrogens with zero attached hydrogens (tertiary/aromatic N) is 3. The molecule has 1 atom stereocenters. The second-order valence-electron chi connectivity index (χ2n) is 7.62. The van der Waals surface area contributed by atoms with Gasteiger partial charge in [-0.05, 0) is 44.4 Å². The van der Waals surface area contributed by atoms with E-state index < -0.39 is 0 Å². The van der Waals surface area contributed by atoms with Crippen LogP contribution in [-0.2, 0) is 4.79 Å².